The Bertz CT molecular complexity index is 744. The highest BCUT2D eigenvalue weighted by atomic mass is 16.4. The summed E-state index contributed by atoms with van der Waals surface area (Å²) >= 11 is 0. The van der Waals surface area contributed by atoms with Crippen molar-refractivity contribution in [2.45, 2.75) is 105 Å². The Kier molecular flexibility index (Phi) is 6.62. The molecule has 0 aromatic carbocycles. The molecule has 32 heavy (non-hydrogen) atoms. The van der Waals surface area contributed by atoms with Crippen molar-refractivity contribution in [2.75, 3.05) is 0 Å². The number of fused-ring (bicyclic) bond motifs is 5. The fourth-order valence-corrected chi connectivity index (χ4v) is 9.11. The van der Waals surface area contributed by atoms with E-state index < -0.39 is 29.5 Å². The predicted octanol–water partition coefficient (Wildman–Crippen LogP) is 5.67. The molecule has 0 bridgehead atoms. The second kappa shape index (κ2) is 8.73. The van der Waals surface area contributed by atoms with Crippen molar-refractivity contribution in [1.82, 2.24) is 0 Å². The number of carboxylic acids is 1. The molecule has 182 valence electrons. The molecule has 0 aromatic heterocycles. The van der Waals surface area contributed by atoms with Crippen LogP contribution in [0.15, 0.2) is 11.6 Å². The van der Waals surface area contributed by atoms with Gasteiger partial charge in [0.15, 0.2) is 0 Å². The minimum atomic E-state index is -0.788. The van der Waals surface area contributed by atoms with Crippen LogP contribution in [0.3, 0.4) is 0 Å². The van der Waals surface area contributed by atoms with Crippen LogP contribution in [0.25, 0.3) is 0 Å². The molecular formula is C28H46O4. The lowest BCUT2D eigenvalue weighted by atomic mass is 9.44. The molecule has 0 saturated heterocycles. The van der Waals surface area contributed by atoms with Crippen LogP contribution in [0.4, 0.5) is 0 Å². The number of carboxylic acid groups (broad SMARTS) is 1. The van der Waals surface area contributed by atoms with Gasteiger partial charge in [0.05, 0.1) is 18.1 Å². The van der Waals surface area contributed by atoms with Crippen molar-refractivity contribution < 1.29 is 20.1 Å². The van der Waals surface area contributed by atoms with E-state index in [9.17, 15) is 20.1 Å². The molecule has 0 radical (unpaired) electrons. The standard InChI is InChI=1S/C28H46O4/c1-16(2)7-6-8-17(3)20-9-10-21-25-22(11-12-27(20,21)4)28(5)18(14-24(25)30)13-19(29)15-23(28)26(31)32/h14,16-17,19-25,29-30H,6-13,15H2,1-5H3,(H,31,32)/t17-,19-,20?,21+,22+,23+,24+,25+,27-,28+/m1/s1. The van der Waals surface area contributed by atoms with E-state index in [-0.39, 0.29) is 17.3 Å². The zero-order chi connectivity index (χ0) is 23.4. The Labute approximate surface area is 194 Å². The highest BCUT2D eigenvalue weighted by Gasteiger charge is 2.63. The van der Waals surface area contributed by atoms with Crippen molar-refractivity contribution in [3.63, 3.8) is 0 Å². The van der Waals surface area contributed by atoms with Gasteiger partial charge in [-0.2, -0.15) is 0 Å². The Morgan fingerprint density at radius 2 is 1.81 bits per heavy atom. The summed E-state index contributed by atoms with van der Waals surface area (Å²) in [5, 5.41) is 31.8. The second-order valence-corrected chi connectivity index (χ2v) is 12.8. The summed E-state index contributed by atoms with van der Waals surface area (Å²) in [4.78, 5) is 12.3. The van der Waals surface area contributed by atoms with E-state index in [0.29, 0.717) is 30.6 Å². The van der Waals surface area contributed by atoms with Crippen molar-refractivity contribution in [3.8, 4) is 0 Å². The zero-order valence-corrected chi connectivity index (χ0v) is 20.9. The van der Waals surface area contributed by atoms with Crippen LogP contribution in [0.1, 0.15) is 92.4 Å². The molecule has 3 N–H and O–H groups in total. The molecule has 1 unspecified atom stereocenters. The van der Waals surface area contributed by atoms with E-state index in [4.69, 9.17) is 0 Å². The van der Waals surface area contributed by atoms with Crippen LogP contribution in [-0.4, -0.2) is 33.5 Å². The number of aliphatic hydroxyl groups is 2. The molecule has 0 aliphatic heterocycles. The number of aliphatic carboxylic acids is 1. The van der Waals surface area contributed by atoms with Crippen LogP contribution in [-0.2, 0) is 4.79 Å². The summed E-state index contributed by atoms with van der Waals surface area (Å²) in [5.74, 6) is 1.63. The normalized spacial score (nSPS) is 46.8. The van der Waals surface area contributed by atoms with Gasteiger partial charge in [-0.15, -0.1) is 0 Å². The highest BCUT2D eigenvalue weighted by Crippen LogP contribution is 2.68. The predicted molar refractivity (Wildman–Crippen MR) is 127 cm³/mol. The summed E-state index contributed by atoms with van der Waals surface area (Å²) < 4.78 is 0. The third-order valence-electron chi connectivity index (χ3n) is 10.7. The van der Waals surface area contributed by atoms with E-state index in [1.165, 1.54) is 25.7 Å². The topological polar surface area (TPSA) is 77.8 Å². The van der Waals surface area contributed by atoms with Gasteiger partial charge in [0, 0.05) is 5.41 Å². The van der Waals surface area contributed by atoms with Crippen molar-refractivity contribution in [3.05, 3.63) is 11.6 Å². The lowest BCUT2D eigenvalue weighted by molar-refractivity contribution is -0.159. The van der Waals surface area contributed by atoms with Gasteiger partial charge in [0.1, 0.15) is 0 Å². The minimum absolute atomic E-state index is 0.146. The van der Waals surface area contributed by atoms with Gasteiger partial charge >= 0.3 is 5.97 Å². The van der Waals surface area contributed by atoms with Gasteiger partial charge in [-0.3, -0.25) is 4.79 Å². The fourth-order valence-electron chi connectivity index (χ4n) is 9.11. The third kappa shape index (κ3) is 3.78. The average molecular weight is 447 g/mol. The quantitative estimate of drug-likeness (QED) is 0.459. The summed E-state index contributed by atoms with van der Waals surface area (Å²) in [6.45, 7) is 11.7. The Hall–Kier alpha value is -0.870. The van der Waals surface area contributed by atoms with Gasteiger partial charge in [-0.1, -0.05) is 65.5 Å². The molecule has 0 spiro atoms. The molecule has 0 aromatic rings. The molecule has 4 heteroatoms. The Morgan fingerprint density at radius 3 is 2.47 bits per heavy atom. The smallest absolute Gasteiger partial charge is 0.307 e. The molecule has 0 heterocycles. The van der Waals surface area contributed by atoms with Crippen LogP contribution in [0.2, 0.25) is 0 Å². The molecule has 10 atom stereocenters. The summed E-state index contributed by atoms with van der Waals surface area (Å²) in [5.41, 5.74) is 0.795. The van der Waals surface area contributed by atoms with Gasteiger partial charge < -0.3 is 15.3 Å². The van der Waals surface area contributed by atoms with E-state index in [2.05, 4.69) is 34.6 Å². The SMILES string of the molecule is CC(C)CCC[C@@H](C)C1CC[C@H]2[C@@H]3[C@@H](O)C=C4C[C@@H](O)C[C@@H](C(=O)O)[C@]4(C)[C@H]3CC[C@]12C. The number of carbonyl (C=O) groups is 1. The molecule has 0 amide bonds. The van der Waals surface area contributed by atoms with E-state index in [1.54, 1.807) is 0 Å². The van der Waals surface area contributed by atoms with Gasteiger partial charge in [-0.05, 0) is 79.4 Å². The second-order valence-electron chi connectivity index (χ2n) is 12.8. The van der Waals surface area contributed by atoms with Crippen molar-refractivity contribution >= 4 is 5.97 Å². The molecule has 4 aliphatic rings. The maximum atomic E-state index is 12.3. The lowest BCUT2D eigenvalue weighted by Crippen LogP contribution is -2.58. The van der Waals surface area contributed by atoms with Crippen LogP contribution in [0.5, 0.6) is 0 Å². The van der Waals surface area contributed by atoms with Crippen LogP contribution in [0, 0.1) is 52.3 Å². The zero-order valence-electron chi connectivity index (χ0n) is 20.9. The first-order valence-electron chi connectivity index (χ1n) is 13.3. The Morgan fingerprint density at radius 1 is 1.09 bits per heavy atom. The molecule has 3 fully saturated rings. The van der Waals surface area contributed by atoms with Crippen LogP contribution < -0.4 is 0 Å². The van der Waals surface area contributed by atoms with E-state index in [1.807, 2.05) is 6.08 Å². The molecule has 4 nitrogen and oxygen atoms in total. The van der Waals surface area contributed by atoms with E-state index in [0.717, 1.165) is 30.8 Å². The molecule has 4 rings (SSSR count). The molecule has 3 saturated carbocycles. The molecular weight excluding hydrogens is 400 g/mol. The summed E-state index contributed by atoms with van der Waals surface area (Å²) in [6.07, 6.45) is 10.1. The maximum absolute atomic E-state index is 12.3. The fraction of sp³-hybridized carbons (Fsp3) is 0.893. The first-order valence-corrected chi connectivity index (χ1v) is 13.3. The number of hydrogen-bond acceptors (Lipinski definition) is 3. The first kappa shape index (κ1) is 24.3. The monoisotopic (exact) mass is 446 g/mol. The highest BCUT2D eigenvalue weighted by molar-refractivity contribution is 5.72. The average Bonchev–Trinajstić information content (AvgIpc) is 3.05. The maximum Gasteiger partial charge on any atom is 0.307 e. The minimum Gasteiger partial charge on any atom is -0.481 e. The largest absolute Gasteiger partial charge is 0.481 e. The lowest BCUT2D eigenvalue weighted by Gasteiger charge is -2.60. The van der Waals surface area contributed by atoms with Crippen molar-refractivity contribution in [1.29, 1.82) is 0 Å². The third-order valence-corrected chi connectivity index (χ3v) is 10.7. The van der Waals surface area contributed by atoms with E-state index >= 15 is 0 Å². The summed E-state index contributed by atoms with van der Waals surface area (Å²) in [6, 6.07) is 0. The van der Waals surface area contributed by atoms with Gasteiger partial charge in [-0.25, -0.2) is 0 Å². The summed E-state index contributed by atoms with van der Waals surface area (Å²) in [7, 11) is 0. The van der Waals surface area contributed by atoms with Crippen molar-refractivity contribution in [2.24, 2.45) is 52.3 Å². The number of aliphatic hydroxyl groups excluding tert-OH is 2. The Balaban J connectivity index is 1.60. The molecule has 4 aliphatic carbocycles. The number of hydrogen-bond donors (Lipinski definition) is 3. The van der Waals surface area contributed by atoms with Gasteiger partial charge in [0.2, 0.25) is 0 Å². The van der Waals surface area contributed by atoms with Gasteiger partial charge in [0.25, 0.3) is 0 Å². The van der Waals surface area contributed by atoms with Crippen LogP contribution >= 0.6 is 0 Å². The number of rotatable bonds is 6. The first-order chi connectivity index (χ1) is 15.0.